The number of rotatable bonds is 7. The van der Waals surface area contributed by atoms with Crippen molar-refractivity contribution in [2.24, 2.45) is 5.73 Å². The van der Waals surface area contributed by atoms with Crippen LogP contribution in [0.5, 0.6) is 17.2 Å². The molecule has 0 fully saturated rings. The van der Waals surface area contributed by atoms with Crippen LogP contribution in [0.3, 0.4) is 0 Å². The zero-order valence-electron chi connectivity index (χ0n) is 21.0. The van der Waals surface area contributed by atoms with E-state index in [1.807, 2.05) is 10.5 Å². The van der Waals surface area contributed by atoms with E-state index in [4.69, 9.17) is 43.1 Å². The van der Waals surface area contributed by atoms with Crippen molar-refractivity contribution in [2.45, 2.75) is 0 Å². The minimum atomic E-state index is -0.837. The average Bonchev–Trinajstić information content (AvgIpc) is 3.43. The Morgan fingerprint density at radius 3 is 2.23 bits per heavy atom. The van der Waals surface area contributed by atoms with E-state index in [2.05, 4.69) is 16.5 Å². The number of methoxy groups -OCH3 is 3. The van der Waals surface area contributed by atoms with Crippen molar-refractivity contribution < 1.29 is 23.4 Å². The van der Waals surface area contributed by atoms with E-state index in [0.29, 0.717) is 49.6 Å². The molecule has 198 valence electrons. The molecule has 5 rings (SSSR count). The van der Waals surface area contributed by atoms with E-state index < -0.39 is 11.7 Å². The normalized spacial score (nSPS) is 11.1. The molecule has 0 aliphatic heterocycles. The van der Waals surface area contributed by atoms with Gasteiger partial charge >= 0.3 is 0 Å². The Morgan fingerprint density at radius 1 is 0.949 bits per heavy atom. The minimum Gasteiger partial charge on any atom is -0.496 e. The number of nitrogens with zero attached hydrogens (tertiary/aromatic N) is 3. The molecule has 0 saturated heterocycles. The number of fused-ring (bicyclic) bond motifs is 3. The molecule has 2 N–H and O–H groups in total. The predicted molar refractivity (Wildman–Crippen MR) is 149 cm³/mol. The van der Waals surface area contributed by atoms with Gasteiger partial charge in [-0.25, -0.2) is 9.37 Å². The van der Waals surface area contributed by atoms with Crippen molar-refractivity contribution in [1.29, 1.82) is 0 Å². The third-order valence-corrected chi connectivity index (χ3v) is 7.13. The van der Waals surface area contributed by atoms with Crippen LogP contribution in [0.25, 0.3) is 44.5 Å². The summed E-state index contributed by atoms with van der Waals surface area (Å²) in [6.45, 7) is 3.61. The van der Waals surface area contributed by atoms with Gasteiger partial charge in [0.2, 0.25) is 5.91 Å². The number of hydrogen-bond acceptors (Lipinski definition) is 6. The molecular weight excluding hydrogens is 546 g/mol. The lowest BCUT2D eigenvalue weighted by Crippen LogP contribution is -2.13. The first-order chi connectivity index (χ1) is 18.7. The first-order valence-corrected chi connectivity index (χ1v) is 12.2. The SMILES string of the molecule is C=C(C(N)=O)c1cc(-c2cc3c(cn2)cc(-c2c(Cl)c(OC)cc(OC)c2Cl)c2nccn23)c(OC)cc1F. The summed E-state index contributed by atoms with van der Waals surface area (Å²) in [4.78, 5) is 20.8. The fourth-order valence-corrected chi connectivity index (χ4v) is 5.14. The van der Waals surface area contributed by atoms with Gasteiger partial charge in [0.15, 0.2) is 0 Å². The lowest BCUT2D eigenvalue weighted by atomic mass is 9.99. The smallest absolute Gasteiger partial charge is 0.248 e. The number of aromatic nitrogens is 3. The zero-order chi connectivity index (χ0) is 28.0. The summed E-state index contributed by atoms with van der Waals surface area (Å²) >= 11 is 13.4. The molecule has 0 aliphatic carbocycles. The molecule has 3 heterocycles. The topological polar surface area (TPSA) is 101 Å². The molecule has 11 heteroatoms. The van der Waals surface area contributed by atoms with E-state index in [1.54, 1.807) is 30.7 Å². The van der Waals surface area contributed by atoms with Crippen LogP contribution in [0.1, 0.15) is 5.56 Å². The molecule has 0 saturated carbocycles. The van der Waals surface area contributed by atoms with E-state index in [0.717, 1.165) is 10.9 Å². The van der Waals surface area contributed by atoms with Gasteiger partial charge in [-0.15, -0.1) is 0 Å². The first-order valence-electron chi connectivity index (χ1n) is 11.4. The standard InChI is InChI=1S/C28H21Cl2FN4O4/c1-13(27(32)36)15-8-16(21(37-2)9-18(15)31)19-10-20-14(12-34-19)7-17(28-33-5-6-35(20)28)24-25(29)22(38-3)11-23(39-4)26(24)30/h5-12H,1H2,2-4H3,(H2,32,36). The van der Waals surface area contributed by atoms with Crippen LogP contribution in [0.15, 0.2) is 55.5 Å². The van der Waals surface area contributed by atoms with Crippen LogP contribution < -0.4 is 19.9 Å². The molecular formula is C28H21Cl2FN4O4. The molecule has 39 heavy (non-hydrogen) atoms. The number of hydrogen-bond donors (Lipinski definition) is 1. The fourth-order valence-electron chi connectivity index (χ4n) is 4.43. The molecule has 2 aromatic carbocycles. The van der Waals surface area contributed by atoms with Gasteiger partial charge in [0.05, 0.1) is 42.6 Å². The molecule has 0 aliphatic rings. The van der Waals surface area contributed by atoms with Crippen LogP contribution in [-0.2, 0) is 4.79 Å². The maximum atomic E-state index is 14.7. The molecule has 3 aromatic heterocycles. The number of nitrogens with two attached hydrogens (primary N) is 1. The first kappa shape index (κ1) is 26.3. The Kier molecular flexibility index (Phi) is 6.80. The van der Waals surface area contributed by atoms with Crippen molar-refractivity contribution in [3.8, 4) is 39.6 Å². The summed E-state index contributed by atoms with van der Waals surface area (Å²) < 4.78 is 32.9. The van der Waals surface area contributed by atoms with E-state index in [1.165, 1.54) is 33.5 Å². The average molecular weight is 567 g/mol. The van der Waals surface area contributed by atoms with Gasteiger partial charge in [0.1, 0.15) is 28.7 Å². The second-order valence-corrected chi connectivity index (χ2v) is 9.22. The summed E-state index contributed by atoms with van der Waals surface area (Å²) in [7, 11) is 4.42. The number of benzene rings is 2. The van der Waals surface area contributed by atoms with E-state index >= 15 is 0 Å². The summed E-state index contributed by atoms with van der Waals surface area (Å²) in [5.41, 5.74) is 8.46. The van der Waals surface area contributed by atoms with Crippen molar-refractivity contribution in [1.82, 2.24) is 14.4 Å². The molecule has 0 radical (unpaired) electrons. The van der Waals surface area contributed by atoms with Crippen molar-refractivity contribution >= 4 is 51.2 Å². The molecule has 5 aromatic rings. The van der Waals surface area contributed by atoms with Gasteiger partial charge in [-0.05, 0) is 18.2 Å². The number of ether oxygens (including phenoxy) is 3. The number of amides is 1. The molecule has 8 nitrogen and oxygen atoms in total. The summed E-state index contributed by atoms with van der Waals surface area (Å²) in [5.74, 6) is -0.522. The fraction of sp³-hybridized carbons (Fsp3) is 0.107. The number of carbonyl (C=O) groups is 1. The quantitative estimate of drug-likeness (QED) is 0.236. The van der Waals surface area contributed by atoms with Crippen LogP contribution in [0, 0.1) is 5.82 Å². The third kappa shape index (κ3) is 4.29. The minimum absolute atomic E-state index is 0.0421. The van der Waals surface area contributed by atoms with Crippen molar-refractivity contribution in [3.63, 3.8) is 0 Å². The van der Waals surface area contributed by atoms with Crippen molar-refractivity contribution in [2.75, 3.05) is 21.3 Å². The van der Waals surface area contributed by atoms with E-state index in [9.17, 15) is 9.18 Å². The Bertz CT molecular complexity index is 1790. The van der Waals surface area contributed by atoms with Gasteiger partial charge in [-0.2, -0.15) is 0 Å². The lowest BCUT2D eigenvalue weighted by molar-refractivity contribution is -0.112. The number of imidazole rings is 1. The van der Waals surface area contributed by atoms with Crippen molar-refractivity contribution in [3.05, 3.63) is 76.9 Å². The molecule has 1 amide bonds. The van der Waals surface area contributed by atoms with Crippen LogP contribution in [-0.4, -0.2) is 41.6 Å². The molecule has 0 bridgehead atoms. The van der Waals surface area contributed by atoms with Gasteiger partial charge in [-0.3, -0.25) is 14.2 Å². The Hall–Kier alpha value is -4.34. The Labute approximate surface area is 232 Å². The van der Waals surface area contributed by atoms with Gasteiger partial charge in [-0.1, -0.05) is 29.8 Å². The third-order valence-electron chi connectivity index (χ3n) is 6.38. The molecule has 0 unspecified atom stereocenters. The number of primary amides is 1. The monoisotopic (exact) mass is 566 g/mol. The predicted octanol–water partition coefficient (Wildman–Crippen LogP) is 6.19. The van der Waals surface area contributed by atoms with E-state index in [-0.39, 0.29) is 16.9 Å². The maximum Gasteiger partial charge on any atom is 0.248 e. The van der Waals surface area contributed by atoms with Crippen LogP contribution in [0.4, 0.5) is 4.39 Å². The van der Waals surface area contributed by atoms with Gasteiger partial charge in [0, 0.05) is 63.9 Å². The molecule has 0 spiro atoms. The van der Waals surface area contributed by atoms with Crippen LogP contribution >= 0.6 is 23.2 Å². The highest BCUT2D eigenvalue weighted by Gasteiger charge is 2.23. The second-order valence-electron chi connectivity index (χ2n) is 8.47. The summed E-state index contributed by atoms with van der Waals surface area (Å²) in [5, 5.41) is 1.33. The Balaban J connectivity index is 1.77. The largest absolute Gasteiger partial charge is 0.496 e. The maximum absolute atomic E-state index is 14.7. The number of carbonyl (C=O) groups excluding carboxylic acids is 1. The highest BCUT2D eigenvalue weighted by molar-refractivity contribution is 6.41. The van der Waals surface area contributed by atoms with Crippen LogP contribution in [0.2, 0.25) is 10.0 Å². The Morgan fingerprint density at radius 2 is 1.62 bits per heavy atom. The van der Waals surface area contributed by atoms with Gasteiger partial charge < -0.3 is 19.9 Å². The molecule has 0 atom stereocenters. The highest BCUT2D eigenvalue weighted by Crippen LogP contribution is 2.47. The summed E-state index contributed by atoms with van der Waals surface area (Å²) in [6, 6.07) is 7.89. The lowest BCUT2D eigenvalue weighted by Gasteiger charge is -2.17. The number of pyridine rings is 2. The second kappa shape index (κ2) is 10.1. The van der Waals surface area contributed by atoms with Gasteiger partial charge in [0.25, 0.3) is 0 Å². The zero-order valence-corrected chi connectivity index (χ0v) is 22.5. The highest BCUT2D eigenvalue weighted by atomic mass is 35.5. The number of halogens is 3. The summed E-state index contributed by atoms with van der Waals surface area (Å²) in [6.07, 6.45) is 5.08.